The van der Waals surface area contributed by atoms with Gasteiger partial charge in [0.1, 0.15) is 11.3 Å². The molecule has 0 aliphatic rings. The molecule has 3 rings (SSSR count). The van der Waals surface area contributed by atoms with Gasteiger partial charge in [-0.1, -0.05) is 6.07 Å². The summed E-state index contributed by atoms with van der Waals surface area (Å²) < 4.78 is 45.7. The summed E-state index contributed by atoms with van der Waals surface area (Å²) in [6.45, 7) is 3.41. The van der Waals surface area contributed by atoms with E-state index < -0.39 is 15.8 Å². The summed E-state index contributed by atoms with van der Waals surface area (Å²) in [6, 6.07) is 8.89. The first-order valence-electron chi connectivity index (χ1n) is 6.97. The van der Waals surface area contributed by atoms with E-state index in [1.54, 1.807) is 32.0 Å². The van der Waals surface area contributed by atoms with Crippen LogP contribution in [0.5, 0.6) is 0 Å². The van der Waals surface area contributed by atoms with E-state index in [4.69, 9.17) is 4.42 Å². The number of sulfonamides is 1. The minimum atomic E-state index is -3.72. The number of oxazole rings is 1. The number of nitrogens with zero attached hydrogens (tertiary/aromatic N) is 1. The van der Waals surface area contributed by atoms with E-state index in [0.29, 0.717) is 17.0 Å². The molecule has 0 saturated heterocycles. The second kappa shape index (κ2) is 5.75. The summed E-state index contributed by atoms with van der Waals surface area (Å²) in [6.07, 6.45) is 0. The summed E-state index contributed by atoms with van der Waals surface area (Å²) in [5, 5.41) is 0. The smallest absolute Gasteiger partial charge is 0.241 e. The number of rotatable bonds is 4. The van der Waals surface area contributed by atoms with Crippen LogP contribution in [0.2, 0.25) is 0 Å². The fraction of sp³-hybridized carbons (Fsp3) is 0.188. The Bertz CT molecular complexity index is 980. The van der Waals surface area contributed by atoms with E-state index >= 15 is 0 Å². The fourth-order valence-corrected chi connectivity index (χ4v) is 3.61. The number of hydrogen-bond donors (Lipinski definition) is 1. The third-order valence-corrected chi connectivity index (χ3v) is 5.01. The number of halogens is 1. The summed E-state index contributed by atoms with van der Waals surface area (Å²) >= 11 is 0. The fourth-order valence-electron chi connectivity index (χ4n) is 2.36. The first-order valence-corrected chi connectivity index (χ1v) is 8.45. The lowest BCUT2D eigenvalue weighted by Gasteiger charge is -2.09. The van der Waals surface area contributed by atoms with Crippen LogP contribution < -0.4 is 4.72 Å². The zero-order valence-electron chi connectivity index (χ0n) is 12.6. The van der Waals surface area contributed by atoms with Crippen molar-refractivity contribution in [2.45, 2.75) is 25.3 Å². The monoisotopic (exact) mass is 334 g/mol. The molecule has 23 heavy (non-hydrogen) atoms. The lowest BCUT2D eigenvalue weighted by atomic mass is 10.2. The van der Waals surface area contributed by atoms with Crippen LogP contribution in [-0.2, 0) is 16.6 Å². The van der Waals surface area contributed by atoms with Crippen LogP contribution in [0.25, 0.3) is 11.1 Å². The van der Waals surface area contributed by atoms with E-state index in [2.05, 4.69) is 9.71 Å². The van der Waals surface area contributed by atoms with Gasteiger partial charge in [-0.05, 0) is 48.4 Å². The van der Waals surface area contributed by atoms with Gasteiger partial charge in [-0.3, -0.25) is 0 Å². The van der Waals surface area contributed by atoms with E-state index in [9.17, 15) is 12.8 Å². The normalized spacial score (nSPS) is 12.0. The predicted octanol–water partition coefficient (Wildman–Crippen LogP) is 3.06. The third-order valence-electron chi connectivity index (χ3n) is 3.45. The molecule has 0 aliphatic heterocycles. The van der Waals surface area contributed by atoms with Crippen molar-refractivity contribution in [2.75, 3.05) is 0 Å². The molecule has 0 spiro atoms. The standard InChI is InChI=1S/C16H15FN2O3S/c1-10-7-13(17)4-6-16(10)23(20,21)18-9-12-3-5-14-15(8-12)22-11(2)19-14/h3-8,18H,9H2,1-2H3. The van der Waals surface area contributed by atoms with E-state index in [0.717, 1.165) is 17.1 Å². The van der Waals surface area contributed by atoms with Crippen LogP contribution in [0.3, 0.4) is 0 Å². The van der Waals surface area contributed by atoms with Gasteiger partial charge >= 0.3 is 0 Å². The third kappa shape index (κ3) is 3.25. The van der Waals surface area contributed by atoms with Gasteiger partial charge in [0.2, 0.25) is 10.0 Å². The Morgan fingerprint density at radius 3 is 2.70 bits per heavy atom. The van der Waals surface area contributed by atoms with Crippen molar-refractivity contribution in [1.29, 1.82) is 0 Å². The van der Waals surface area contributed by atoms with Crippen LogP contribution in [-0.4, -0.2) is 13.4 Å². The van der Waals surface area contributed by atoms with Crippen molar-refractivity contribution in [3.05, 3.63) is 59.2 Å². The first-order chi connectivity index (χ1) is 10.8. The molecule has 5 nitrogen and oxygen atoms in total. The lowest BCUT2D eigenvalue weighted by molar-refractivity contribution is 0.560. The molecule has 1 aromatic heterocycles. The molecule has 0 aliphatic carbocycles. The van der Waals surface area contributed by atoms with Gasteiger partial charge in [0.25, 0.3) is 0 Å². The molecular weight excluding hydrogens is 319 g/mol. The van der Waals surface area contributed by atoms with E-state index in [1.807, 2.05) is 0 Å². The van der Waals surface area contributed by atoms with Crippen molar-refractivity contribution in [3.63, 3.8) is 0 Å². The van der Waals surface area contributed by atoms with Gasteiger partial charge in [0.05, 0.1) is 4.90 Å². The predicted molar refractivity (Wildman–Crippen MR) is 83.9 cm³/mol. The minimum Gasteiger partial charge on any atom is -0.441 e. The van der Waals surface area contributed by atoms with Crippen LogP contribution in [0.4, 0.5) is 4.39 Å². The Kier molecular flexibility index (Phi) is 3.91. The van der Waals surface area contributed by atoms with Gasteiger partial charge in [-0.2, -0.15) is 0 Å². The Hall–Kier alpha value is -2.25. The molecular formula is C16H15FN2O3S. The lowest BCUT2D eigenvalue weighted by Crippen LogP contribution is -2.24. The highest BCUT2D eigenvalue weighted by atomic mass is 32.2. The van der Waals surface area contributed by atoms with Crippen molar-refractivity contribution >= 4 is 21.1 Å². The number of aryl methyl sites for hydroxylation is 2. The Labute approximate surface area is 133 Å². The van der Waals surface area contributed by atoms with Gasteiger partial charge in [0.15, 0.2) is 11.5 Å². The summed E-state index contributed by atoms with van der Waals surface area (Å²) in [4.78, 5) is 4.25. The molecule has 0 unspecified atom stereocenters. The molecule has 0 radical (unpaired) electrons. The zero-order valence-corrected chi connectivity index (χ0v) is 13.4. The second-order valence-electron chi connectivity index (χ2n) is 5.27. The number of aromatic nitrogens is 1. The number of fused-ring (bicyclic) bond motifs is 1. The number of nitrogens with one attached hydrogen (secondary N) is 1. The topological polar surface area (TPSA) is 72.2 Å². The molecule has 1 heterocycles. The maximum absolute atomic E-state index is 13.1. The van der Waals surface area contributed by atoms with Gasteiger partial charge in [0, 0.05) is 13.5 Å². The Morgan fingerprint density at radius 1 is 1.17 bits per heavy atom. The number of benzene rings is 2. The average Bonchev–Trinajstić information content (AvgIpc) is 2.84. The maximum atomic E-state index is 13.1. The molecule has 3 aromatic rings. The van der Waals surface area contributed by atoms with Crippen LogP contribution in [0, 0.1) is 19.7 Å². The van der Waals surface area contributed by atoms with Crippen LogP contribution in [0.15, 0.2) is 45.7 Å². The second-order valence-corrected chi connectivity index (χ2v) is 7.00. The average molecular weight is 334 g/mol. The van der Waals surface area contributed by atoms with Gasteiger partial charge in [-0.25, -0.2) is 22.5 Å². The minimum absolute atomic E-state index is 0.0653. The molecule has 0 saturated carbocycles. The van der Waals surface area contributed by atoms with E-state index in [-0.39, 0.29) is 11.4 Å². The molecule has 120 valence electrons. The Balaban J connectivity index is 1.82. The maximum Gasteiger partial charge on any atom is 0.241 e. The molecule has 1 N–H and O–H groups in total. The highest BCUT2D eigenvalue weighted by molar-refractivity contribution is 7.89. The quantitative estimate of drug-likeness (QED) is 0.796. The Morgan fingerprint density at radius 2 is 1.96 bits per heavy atom. The van der Waals surface area contributed by atoms with Crippen molar-refractivity contribution in [1.82, 2.24) is 9.71 Å². The first kappa shape index (κ1) is 15.6. The largest absolute Gasteiger partial charge is 0.441 e. The van der Waals surface area contributed by atoms with Gasteiger partial charge in [-0.15, -0.1) is 0 Å². The highest BCUT2D eigenvalue weighted by Gasteiger charge is 2.17. The summed E-state index contributed by atoms with van der Waals surface area (Å²) in [7, 11) is -3.72. The van der Waals surface area contributed by atoms with Crippen molar-refractivity contribution in [3.8, 4) is 0 Å². The van der Waals surface area contributed by atoms with Crippen molar-refractivity contribution in [2.24, 2.45) is 0 Å². The SMILES string of the molecule is Cc1nc2ccc(CNS(=O)(=O)c3ccc(F)cc3C)cc2o1. The summed E-state index contributed by atoms with van der Waals surface area (Å²) in [5.74, 6) is 0.0901. The van der Waals surface area contributed by atoms with E-state index in [1.165, 1.54) is 12.1 Å². The molecule has 7 heteroatoms. The molecule has 0 bridgehead atoms. The van der Waals surface area contributed by atoms with Crippen LogP contribution >= 0.6 is 0 Å². The summed E-state index contributed by atoms with van der Waals surface area (Å²) in [5.41, 5.74) is 2.44. The van der Waals surface area contributed by atoms with Crippen LogP contribution in [0.1, 0.15) is 17.0 Å². The highest BCUT2D eigenvalue weighted by Crippen LogP contribution is 2.19. The molecule has 0 atom stereocenters. The zero-order chi connectivity index (χ0) is 16.6. The number of hydrogen-bond acceptors (Lipinski definition) is 4. The van der Waals surface area contributed by atoms with Gasteiger partial charge < -0.3 is 4.42 Å². The molecule has 0 amide bonds. The molecule has 0 fully saturated rings. The van der Waals surface area contributed by atoms with Crippen molar-refractivity contribution < 1.29 is 17.2 Å². The molecule has 2 aromatic carbocycles.